The Hall–Kier alpha value is -1.09. The smallest absolute Gasteiger partial charge is 0.128 e. The van der Waals surface area contributed by atoms with Crippen LogP contribution in [0.15, 0.2) is 12.1 Å². The fraction of sp³-hybridized carbons (Fsp3) is 0.706. The second kappa shape index (κ2) is 6.13. The minimum Gasteiger partial charge on any atom is -0.357 e. The molecular formula is C17H27N3. The molecule has 1 atom stereocenters. The van der Waals surface area contributed by atoms with Gasteiger partial charge in [0.05, 0.1) is 0 Å². The molecule has 3 nitrogen and oxygen atoms in total. The van der Waals surface area contributed by atoms with E-state index in [-0.39, 0.29) is 0 Å². The minimum atomic E-state index is 0.592. The summed E-state index contributed by atoms with van der Waals surface area (Å²) in [7, 11) is 0. The zero-order chi connectivity index (χ0) is 13.9. The lowest BCUT2D eigenvalue weighted by Crippen LogP contribution is -2.33. The topological polar surface area (TPSA) is 19.4 Å². The Morgan fingerprint density at radius 2 is 1.85 bits per heavy atom. The highest BCUT2D eigenvalue weighted by molar-refractivity contribution is 5.43. The lowest BCUT2D eigenvalue weighted by molar-refractivity contribution is 0.156. The molecule has 1 aromatic heterocycles. The molecule has 0 amide bonds. The van der Waals surface area contributed by atoms with Crippen molar-refractivity contribution < 1.29 is 0 Å². The highest BCUT2D eigenvalue weighted by Gasteiger charge is 2.25. The van der Waals surface area contributed by atoms with Gasteiger partial charge in [-0.25, -0.2) is 4.98 Å². The lowest BCUT2D eigenvalue weighted by atomic mass is 9.94. The minimum absolute atomic E-state index is 0.592. The van der Waals surface area contributed by atoms with Gasteiger partial charge in [0.1, 0.15) is 5.82 Å². The molecule has 3 heterocycles. The molecule has 0 aliphatic carbocycles. The summed E-state index contributed by atoms with van der Waals surface area (Å²) in [6.07, 6.45) is 6.63. The molecule has 2 saturated heterocycles. The van der Waals surface area contributed by atoms with E-state index in [9.17, 15) is 0 Å². The average Bonchev–Trinajstić information content (AvgIpc) is 3.01. The Morgan fingerprint density at radius 1 is 1.10 bits per heavy atom. The van der Waals surface area contributed by atoms with Crippen LogP contribution >= 0.6 is 0 Å². The largest absolute Gasteiger partial charge is 0.357 e. The van der Waals surface area contributed by atoms with Gasteiger partial charge in [-0.2, -0.15) is 0 Å². The molecule has 0 saturated carbocycles. The summed E-state index contributed by atoms with van der Waals surface area (Å²) < 4.78 is 0. The van der Waals surface area contributed by atoms with Crippen molar-refractivity contribution in [1.82, 2.24) is 9.88 Å². The van der Waals surface area contributed by atoms with E-state index in [0.29, 0.717) is 6.04 Å². The van der Waals surface area contributed by atoms with Crippen LogP contribution in [0.4, 0.5) is 5.82 Å². The maximum Gasteiger partial charge on any atom is 0.128 e. The highest BCUT2D eigenvalue weighted by atomic mass is 15.2. The maximum absolute atomic E-state index is 4.90. The molecule has 0 unspecified atom stereocenters. The third-order valence-corrected chi connectivity index (χ3v) is 4.92. The number of aryl methyl sites for hydroxylation is 1. The fourth-order valence-electron chi connectivity index (χ4n) is 3.75. The molecule has 2 aliphatic heterocycles. The predicted octanol–water partition coefficient (Wildman–Crippen LogP) is 3.54. The van der Waals surface area contributed by atoms with Crippen molar-refractivity contribution in [2.24, 2.45) is 0 Å². The summed E-state index contributed by atoms with van der Waals surface area (Å²) in [5, 5.41) is 0. The summed E-state index contributed by atoms with van der Waals surface area (Å²) in [5.41, 5.74) is 2.69. The Balaban J connectivity index is 1.82. The molecule has 0 bridgehead atoms. The van der Waals surface area contributed by atoms with Crippen LogP contribution in [-0.4, -0.2) is 36.1 Å². The molecule has 0 radical (unpaired) electrons. The molecule has 110 valence electrons. The SMILES string of the molecule is CCN1CCCC[C@H]1c1ccc(N2CCCC2)nc1C. The van der Waals surface area contributed by atoms with E-state index in [4.69, 9.17) is 4.98 Å². The van der Waals surface area contributed by atoms with E-state index in [1.807, 2.05) is 0 Å². The van der Waals surface area contributed by atoms with Crippen LogP contribution in [0, 0.1) is 6.92 Å². The number of pyridine rings is 1. The van der Waals surface area contributed by atoms with E-state index in [1.54, 1.807) is 0 Å². The van der Waals surface area contributed by atoms with Gasteiger partial charge in [0, 0.05) is 24.8 Å². The number of rotatable bonds is 3. The first-order chi connectivity index (χ1) is 9.79. The van der Waals surface area contributed by atoms with Crippen LogP contribution in [-0.2, 0) is 0 Å². The number of nitrogens with zero attached hydrogens (tertiary/aromatic N) is 3. The number of anilines is 1. The van der Waals surface area contributed by atoms with E-state index < -0.39 is 0 Å². The van der Waals surface area contributed by atoms with Crippen molar-refractivity contribution in [2.45, 2.75) is 52.0 Å². The number of piperidine rings is 1. The summed E-state index contributed by atoms with van der Waals surface area (Å²) in [4.78, 5) is 9.94. The molecule has 0 spiro atoms. The number of hydrogen-bond donors (Lipinski definition) is 0. The van der Waals surface area contributed by atoms with Gasteiger partial charge >= 0.3 is 0 Å². The molecule has 0 N–H and O–H groups in total. The van der Waals surface area contributed by atoms with Gasteiger partial charge in [0.15, 0.2) is 0 Å². The second-order valence-electron chi connectivity index (χ2n) is 6.18. The number of hydrogen-bond acceptors (Lipinski definition) is 3. The van der Waals surface area contributed by atoms with E-state index in [2.05, 4.69) is 35.8 Å². The van der Waals surface area contributed by atoms with Crippen LogP contribution in [0.25, 0.3) is 0 Å². The normalized spacial score (nSPS) is 24.3. The molecule has 0 aromatic carbocycles. The van der Waals surface area contributed by atoms with Crippen molar-refractivity contribution in [3.63, 3.8) is 0 Å². The highest BCUT2D eigenvalue weighted by Crippen LogP contribution is 2.33. The fourth-order valence-corrected chi connectivity index (χ4v) is 3.75. The van der Waals surface area contributed by atoms with Crippen molar-refractivity contribution >= 4 is 5.82 Å². The van der Waals surface area contributed by atoms with Gasteiger partial charge in [-0.3, -0.25) is 4.90 Å². The van der Waals surface area contributed by atoms with Gasteiger partial charge in [-0.05, 0) is 57.3 Å². The first-order valence-electron chi connectivity index (χ1n) is 8.26. The quantitative estimate of drug-likeness (QED) is 0.839. The zero-order valence-electron chi connectivity index (χ0n) is 12.9. The van der Waals surface area contributed by atoms with Crippen LogP contribution in [0.3, 0.4) is 0 Å². The zero-order valence-corrected chi connectivity index (χ0v) is 12.9. The molecule has 2 fully saturated rings. The van der Waals surface area contributed by atoms with Crippen LogP contribution in [0.1, 0.15) is 56.3 Å². The third kappa shape index (κ3) is 2.69. The third-order valence-electron chi connectivity index (χ3n) is 4.92. The summed E-state index contributed by atoms with van der Waals surface area (Å²) in [6, 6.07) is 5.18. The van der Waals surface area contributed by atoms with Crippen molar-refractivity contribution in [1.29, 1.82) is 0 Å². The molecule has 3 heteroatoms. The Bertz CT molecular complexity index is 452. The van der Waals surface area contributed by atoms with Crippen LogP contribution in [0.5, 0.6) is 0 Å². The standard InChI is InChI=1S/C17H27N3/c1-3-19-11-5-4-8-16(19)15-9-10-17(18-14(15)2)20-12-6-7-13-20/h9-10,16H,3-8,11-13H2,1-2H3/t16-/m0/s1. The van der Waals surface area contributed by atoms with Crippen molar-refractivity contribution in [3.8, 4) is 0 Å². The van der Waals surface area contributed by atoms with Crippen LogP contribution < -0.4 is 4.90 Å². The van der Waals surface area contributed by atoms with Crippen LogP contribution in [0.2, 0.25) is 0 Å². The molecule has 1 aromatic rings. The Labute approximate surface area is 123 Å². The van der Waals surface area contributed by atoms with E-state index >= 15 is 0 Å². The summed E-state index contributed by atoms with van der Waals surface area (Å²) in [5.74, 6) is 1.18. The Kier molecular flexibility index (Phi) is 4.25. The number of aromatic nitrogens is 1. The summed E-state index contributed by atoms with van der Waals surface area (Å²) in [6.45, 7) is 9.22. The average molecular weight is 273 g/mol. The maximum atomic E-state index is 4.90. The molecule has 2 aliphatic rings. The predicted molar refractivity (Wildman–Crippen MR) is 84.3 cm³/mol. The first kappa shape index (κ1) is 13.9. The Morgan fingerprint density at radius 3 is 2.55 bits per heavy atom. The van der Waals surface area contributed by atoms with E-state index in [1.165, 1.54) is 68.8 Å². The molecular weight excluding hydrogens is 246 g/mol. The van der Waals surface area contributed by atoms with Gasteiger partial charge in [0.2, 0.25) is 0 Å². The monoisotopic (exact) mass is 273 g/mol. The van der Waals surface area contributed by atoms with Gasteiger partial charge < -0.3 is 4.90 Å². The summed E-state index contributed by atoms with van der Waals surface area (Å²) >= 11 is 0. The van der Waals surface area contributed by atoms with E-state index in [0.717, 1.165) is 6.54 Å². The lowest BCUT2D eigenvalue weighted by Gasteiger charge is -2.36. The van der Waals surface area contributed by atoms with Gasteiger partial charge in [-0.15, -0.1) is 0 Å². The second-order valence-corrected chi connectivity index (χ2v) is 6.18. The van der Waals surface area contributed by atoms with Gasteiger partial charge in [0.25, 0.3) is 0 Å². The van der Waals surface area contributed by atoms with Gasteiger partial charge in [-0.1, -0.05) is 19.4 Å². The first-order valence-corrected chi connectivity index (χ1v) is 8.26. The van der Waals surface area contributed by atoms with Crippen molar-refractivity contribution in [3.05, 3.63) is 23.4 Å². The molecule has 20 heavy (non-hydrogen) atoms. The van der Waals surface area contributed by atoms with Crippen molar-refractivity contribution in [2.75, 3.05) is 31.1 Å². The molecule has 3 rings (SSSR count). The number of likely N-dealkylation sites (tertiary alicyclic amines) is 1.